The first kappa shape index (κ1) is 16.9. The van der Waals surface area contributed by atoms with Crippen LogP contribution >= 0.6 is 0 Å². The summed E-state index contributed by atoms with van der Waals surface area (Å²) < 4.78 is 0. The van der Waals surface area contributed by atoms with Crippen LogP contribution in [0.4, 0.5) is 0 Å². The maximum absolute atomic E-state index is 11.5. The van der Waals surface area contributed by atoms with Crippen LogP contribution < -0.4 is 11.5 Å². The lowest BCUT2D eigenvalue weighted by molar-refractivity contribution is 0.0989. The predicted octanol–water partition coefficient (Wildman–Crippen LogP) is 0.492. The second-order valence-electron chi connectivity index (χ2n) is 5.21. The van der Waals surface area contributed by atoms with Crippen LogP contribution in [0.1, 0.15) is 31.8 Å². The number of amides is 2. The summed E-state index contributed by atoms with van der Waals surface area (Å²) in [5.74, 6) is -3.03. The van der Waals surface area contributed by atoms with Crippen molar-refractivity contribution in [1.82, 2.24) is 0 Å². The largest absolute Gasteiger partial charge is 0.508 e. The molecule has 8 N–H and O–H groups in total. The summed E-state index contributed by atoms with van der Waals surface area (Å²) in [6.07, 6.45) is 0.0615. The van der Waals surface area contributed by atoms with Gasteiger partial charge in [0.15, 0.2) is 0 Å². The molecule has 8 nitrogen and oxygen atoms in total. The van der Waals surface area contributed by atoms with Crippen LogP contribution in [-0.2, 0) is 12.8 Å². The van der Waals surface area contributed by atoms with Crippen LogP contribution in [0, 0.1) is 0 Å². The zero-order valence-corrected chi connectivity index (χ0v) is 12.5. The molecule has 0 aromatic heterocycles. The molecule has 0 fully saturated rings. The minimum atomic E-state index is -0.846. The highest BCUT2D eigenvalue weighted by Crippen LogP contribution is 2.32. The number of hydrogen-bond donors (Lipinski definition) is 6. The third-order valence-corrected chi connectivity index (χ3v) is 3.58. The lowest BCUT2D eigenvalue weighted by Crippen LogP contribution is -2.16. The highest BCUT2D eigenvalue weighted by Gasteiger charge is 2.18. The number of rotatable bonds is 5. The normalized spacial score (nSPS) is 10.5. The van der Waals surface area contributed by atoms with Crippen LogP contribution in [-0.4, -0.2) is 32.2 Å². The number of aromatic hydroxyl groups is 4. The smallest absolute Gasteiger partial charge is 0.249 e. The molecule has 0 unspecified atom stereocenters. The van der Waals surface area contributed by atoms with Gasteiger partial charge in [-0.2, -0.15) is 0 Å². The summed E-state index contributed by atoms with van der Waals surface area (Å²) in [5, 5.41) is 38.8. The molecule has 2 amide bonds. The third-order valence-electron chi connectivity index (χ3n) is 3.58. The van der Waals surface area contributed by atoms with Gasteiger partial charge in [0.2, 0.25) is 11.8 Å². The molecule has 0 atom stereocenters. The minimum Gasteiger partial charge on any atom is -0.508 e. The highest BCUT2D eigenvalue weighted by atomic mass is 16.3. The first-order chi connectivity index (χ1) is 11.2. The molecule has 2 rings (SSSR count). The Morgan fingerprint density at radius 2 is 1.04 bits per heavy atom. The molecule has 0 aliphatic carbocycles. The number of phenolic OH excluding ortho intramolecular Hbond substituents is 4. The van der Waals surface area contributed by atoms with E-state index in [0.717, 1.165) is 24.3 Å². The topological polar surface area (TPSA) is 167 Å². The van der Waals surface area contributed by atoms with E-state index in [0.29, 0.717) is 0 Å². The van der Waals surface area contributed by atoms with Crippen molar-refractivity contribution >= 4 is 11.8 Å². The Bertz CT molecular complexity index is 762. The molecule has 0 spiro atoms. The van der Waals surface area contributed by atoms with Gasteiger partial charge in [0, 0.05) is 34.4 Å². The Balaban J connectivity index is 2.43. The van der Waals surface area contributed by atoms with Gasteiger partial charge in [-0.25, -0.2) is 0 Å². The van der Waals surface area contributed by atoms with E-state index in [1.165, 1.54) is 0 Å². The summed E-state index contributed by atoms with van der Waals surface area (Å²) in [4.78, 5) is 22.9. The maximum atomic E-state index is 11.5. The Labute approximate surface area is 136 Å². The molecule has 24 heavy (non-hydrogen) atoms. The number of phenols is 4. The summed E-state index contributed by atoms with van der Waals surface area (Å²) in [6, 6.07) is 4.33. The van der Waals surface area contributed by atoms with Crippen molar-refractivity contribution in [3.05, 3.63) is 46.5 Å². The van der Waals surface area contributed by atoms with Crippen molar-refractivity contribution in [3.63, 3.8) is 0 Å². The second-order valence-corrected chi connectivity index (χ2v) is 5.21. The van der Waals surface area contributed by atoms with Crippen molar-refractivity contribution in [2.24, 2.45) is 11.5 Å². The van der Waals surface area contributed by atoms with Crippen LogP contribution in [0.15, 0.2) is 24.3 Å². The highest BCUT2D eigenvalue weighted by molar-refractivity contribution is 5.96. The van der Waals surface area contributed by atoms with E-state index in [-0.39, 0.29) is 58.1 Å². The lowest BCUT2D eigenvalue weighted by Gasteiger charge is -2.13. The molecule has 2 aromatic rings. The van der Waals surface area contributed by atoms with Gasteiger partial charge in [0.25, 0.3) is 0 Å². The van der Waals surface area contributed by atoms with Gasteiger partial charge in [-0.15, -0.1) is 0 Å². The number of carbonyl (C=O) groups excluding carboxylic acids is 2. The minimum absolute atomic E-state index is 0.0308. The second kappa shape index (κ2) is 6.37. The van der Waals surface area contributed by atoms with Gasteiger partial charge in [0.05, 0.1) is 0 Å². The van der Waals surface area contributed by atoms with E-state index in [4.69, 9.17) is 11.5 Å². The van der Waals surface area contributed by atoms with Crippen molar-refractivity contribution < 1.29 is 30.0 Å². The number of hydrogen-bond acceptors (Lipinski definition) is 6. The van der Waals surface area contributed by atoms with Crippen molar-refractivity contribution in [2.75, 3.05) is 0 Å². The molecule has 8 heteroatoms. The van der Waals surface area contributed by atoms with Gasteiger partial charge in [-0.3, -0.25) is 9.59 Å². The number of carbonyl (C=O) groups is 2. The Morgan fingerprint density at radius 3 is 1.33 bits per heavy atom. The van der Waals surface area contributed by atoms with E-state index in [1.807, 2.05) is 0 Å². The van der Waals surface area contributed by atoms with Crippen molar-refractivity contribution in [1.29, 1.82) is 0 Å². The Kier molecular flexibility index (Phi) is 4.50. The third kappa shape index (κ3) is 3.32. The number of nitrogens with two attached hydrogens (primary N) is 2. The van der Waals surface area contributed by atoms with Gasteiger partial charge < -0.3 is 31.9 Å². The molecular weight excluding hydrogens is 316 g/mol. The standard InChI is InChI=1S/C16H16N2O6/c17-15(23)11-3-7(19)5-13(21)9(11)1-2-10-12(16(18)24)4-8(20)6-14(10)22/h3-6,19-22H,1-2H2,(H2,17,23)(H2,18,24). The molecule has 0 aliphatic rings. The molecule has 126 valence electrons. The zero-order chi connectivity index (χ0) is 18.0. The first-order valence-electron chi connectivity index (χ1n) is 6.90. The summed E-state index contributed by atoms with van der Waals surface area (Å²) in [6.45, 7) is 0. The Morgan fingerprint density at radius 1 is 0.708 bits per heavy atom. The van der Waals surface area contributed by atoms with Gasteiger partial charge in [-0.1, -0.05) is 0 Å². The van der Waals surface area contributed by atoms with Crippen LogP contribution in [0.3, 0.4) is 0 Å². The zero-order valence-electron chi connectivity index (χ0n) is 12.5. The fourth-order valence-corrected chi connectivity index (χ4v) is 2.50. The van der Waals surface area contributed by atoms with Crippen molar-refractivity contribution in [2.45, 2.75) is 12.8 Å². The molecule has 0 saturated carbocycles. The predicted molar refractivity (Wildman–Crippen MR) is 84.0 cm³/mol. The van der Waals surface area contributed by atoms with E-state index < -0.39 is 11.8 Å². The monoisotopic (exact) mass is 332 g/mol. The molecular formula is C16H16N2O6. The summed E-state index contributed by atoms with van der Waals surface area (Å²) in [5.41, 5.74) is 10.6. The quantitative estimate of drug-likeness (QED) is 0.466. The van der Waals surface area contributed by atoms with E-state index in [9.17, 15) is 30.0 Å². The van der Waals surface area contributed by atoms with E-state index in [2.05, 4.69) is 0 Å². The average Bonchev–Trinajstić information content (AvgIpc) is 2.46. The molecule has 0 bridgehead atoms. The van der Waals surface area contributed by atoms with Crippen LogP contribution in [0.25, 0.3) is 0 Å². The SMILES string of the molecule is NC(=O)c1cc(O)cc(O)c1CCc1c(O)cc(O)cc1C(N)=O. The maximum Gasteiger partial charge on any atom is 0.249 e. The lowest BCUT2D eigenvalue weighted by atomic mass is 9.94. The number of benzene rings is 2. The molecule has 2 aromatic carbocycles. The van der Waals surface area contributed by atoms with Crippen molar-refractivity contribution in [3.8, 4) is 23.0 Å². The van der Waals surface area contributed by atoms with Gasteiger partial charge in [-0.05, 0) is 25.0 Å². The van der Waals surface area contributed by atoms with E-state index >= 15 is 0 Å². The average molecular weight is 332 g/mol. The summed E-state index contributed by atoms with van der Waals surface area (Å²) in [7, 11) is 0. The van der Waals surface area contributed by atoms with Gasteiger partial charge >= 0.3 is 0 Å². The molecule has 0 radical (unpaired) electrons. The molecule has 0 aliphatic heterocycles. The fourth-order valence-electron chi connectivity index (χ4n) is 2.50. The first-order valence-corrected chi connectivity index (χ1v) is 6.90. The van der Waals surface area contributed by atoms with Crippen LogP contribution in [0.5, 0.6) is 23.0 Å². The van der Waals surface area contributed by atoms with Crippen LogP contribution in [0.2, 0.25) is 0 Å². The Hall–Kier alpha value is -3.42. The number of primary amides is 2. The molecule has 0 saturated heterocycles. The molecule has 0 heterocycles. The van der Waals surface area contributed by atoms with E-state index in [1.54, 1.807) is 0 Å². The summed E-state index contributed by atoms with van der Waals surface area (Å²) >= 11 is 0. The fraction of sp³-hybridized carbons (Fsp3) is 0.125. The van der Waals surface area contributed by atoms with Gasteiger partial charge in [0.1, 0.15) is 23.0 Å².